The SMILES string of the molecule is CNC(C)(CSc1ncnc2nc[nH]c12)C(=O)OC. The Morgan fingerprint density at radius 1 is 1.53 bits per heavy atom. The van der Waals surface area contributed by atoms with Crippen LogP contribution in [0.5, 0.6) is 0 Å². The smallest absolute Gasteiger partial charge is 0.326 e. The van der Waals surface area contributed by atoms with Crippen molar-refractivity contribution in [2.45, 2.75) is 17.5 Å². The van der Waals surface area contributed by atoms with Gasteiger partial charge in [-0.1, -0.05) is 0 Å². The molecule has 0 bridgehead atoms. The number of carbonyl (C=O) groups excluding carboxylic acids is 1. The number of hydrogen-bond acceptors (Lipinski definition) is 7. The van der Waals surface area contributed by atoms with Crippen LogP contribution in [0, 0.1) is 0 Å². The lowest BCUT2D eigenvalue weighted by molar-refractivity contribution is -0.146. The highest BCUT2D eigenvalue weighted by Gasteiger charge is 2.33. The van der Waals surface area contributed by atoms with Gasteiger partial charge in [0.25, 0.3) is 0 Å². The van der Waals surface area contributed by atoms with Gasteiger partial charge in [0.1, 0.15) is 22.4 Å². The predicted molar refractivity (Wildman–Crippen MR) is 71.9 cm³/mol. The monoisotopic (exact) mass is 281 g/mol. The number of H-pyrrole nitrogens is 1. The van der Waals surface area contributed by atoms with Gasteiger partial charge in [-0.05, 0) is 14.0 Å². The average molecular weight is 281 g/mol. The summed E-state index contributed by atoms with van der Waals surface area (Å²) in [5.74, 6) is 0.179. The average Bonchev–Trinajstić information content (AvgIpc) is 2.92. The van der Waals surface area contributed by atoms with E-state index in [-0.39, 0.29) is 5.97 Å². The number of ether oxygens (including phenoxy) is 1. The predicted octanol–water partition coefficient (Wildman–Crippen LogP) is 0.596. The number of aromatic amines is 1. The molecule has 2 N–H and O–H groups in total. The Balaban J connectivity index is 2.18. The van der Waals surface area contributed by atoms with E-state index in [0.29, 0.717) is 11.4 Å². The van der Waals surface area contributed by atoms with E-state index in [4.69, 9.17) is 4.74 Å². The molecule has 0 aromatic carbocycles. The molecule has 1 atom stereocenters. The maximum atomic E-state index is 11.7. The molecule has 19 heavy (non-hydrogen) atoms. The highest BCUT2D eigenvalue weighted by atomic mass is 32.2. The Labute approximate surface area is 114 Å². The van der Waals surface area contributed by atoms with Crippen LogP contribution in [-0.4, -0.2) is 51.4 Å². The quantitative estimate of drug-likeness (QED) is 0.471. The number of rotatable bonds is 5. The van der Waals surface area contributed by atoms with Gasteiger partial charge in [0.2, 0.25) is 0 Å². The van der Waals surface area contributed by atoms with E-state index >= 15 is 0 Å². The van der Waals surface area contributed by atoms with E-state index in [2.05, 4.69) is 25.3 Å². The van der Waals surface area contributed by atoms with Crippen LogP contribution in [0.2, 0.25) is 0 Å². The molecule has 2 heterocycles. The molecule has 2 aromatic rings. The lowest BCUT2D eigenvalue weighted by Gasteiger charge is -2.25. The van der Waals surface area contributed by atoms with Crippen LogP contribution in [0.1, 0.15) is 6.92 Å². The molecule has 0 spiro atoms. The normalized spacial score (nSPS) is 14.3. The van der Waals surface area contributed by atoms with Gasteiger partial charge in [-0.3, -0.25) is 4.79 Å². The third kappa shape index (κ3) is 2.69. The Hall–Kier alpha value is -1.67. The molecule has 2 aromatic heterocycles. The van der Waals surface area contributed by atoms with Gasteiger partial charge in [0, 0.05) is 5.75 Å². The van der Waals surface area contributed by atoms with Gasteiger partial charge >= 0.3 is 5.97 Å². The van der Waals surface area contributed by atoms with E-state index in [1.807, 2.05) is 0 Å². The minimum Gasteiger partial charge on any atom is -0.468 e. The van der Waals surface area contributed by atoms with Crippen molar-refractivity contribution in [2.24, 2.45) is 0 Å². The van der Waals surface area contributed by atoms with E-state index in [1.165, 1.54) is 25.2 Å². The molecule has 2 rings (SSSR count). The molecule has 0 aliphatic heterocycles. The van der Waals surface area contributed by atoms with Crippen LogP contribution in [0.25, 0.3) is 11.2 Å². The standard InChI is InChI=1S/C11H15N5O2S/c1-11(12-2,10(17)18-3)4-19-9-7-8(14-5-13-7)15-6-16-9/h5-6,12H,4H2,1-3H3,(H,13,14,15,16). The number of carbonyl (C=O) groups is 1. The molecular formula is C11H15N5O2S. The van der Waals surface area contributed by atoms with Crippen LogP contribution in [-0.2, 0) is 9.53 Å². The largest absolute Gasteiger partial charge is 0.468 e. The fraction of sp³-hybridized carbons (Fsp3) is 0.455. The molecule has 102 valence electrons. The first-order valence-corrected chi connectivity index (χ1v) is 6.63. The summed E-state index contributed by atoms with van der Waals surface area (Å²) in [6.45, 7) is 1.79. The summed E-state index contributed by atoms with van der Waals surface area (Å²) in [4.78, 5) is 27.1. The molecule has 0 radical (unpaired) electrons. The van der Waals surface area contributed by atoms with Gasteiger partial charge in [-0.15, -0.1) is 11.8 Å². The number of nitrogens with zero attached hydrogens (tertiary/aromatic N) is 3. The lowest BCUT2D eigenvalue weighted by Crippen LogP contribution is -2.50. The Morgan fingerprint density at radius 2 is 2.32 bits per heavy atom. The van der Waals surface area contributed by atoms with E-state index in [1.54, 1.807) is 20.3 Å². The third-order valence-electron chi connectivity index (χ3n) is 2.87. The summed E-state index contributed by atoms with van der Waals surface area (Å²) in [6, 6.07) is 0. The summed E-state index contributed by atoms with van der Waals surface area (Å²) in [7, 11) is 3.10. The second-order valence-corrected chi connectivity index (χ2v) is 5.11. The van der Waals surface area contributed by atoms with Crippen molar-refractivity contribution in [2.75, 3.05) is 19.9 Å². The second kappa shape index (κ2) is 5.54. The van der Waals surface area contributed by atoms with Crippen LogP contribution < -0.4 is 5.32 Å². The molecule has 0 amide bonds. The molecule has 0 saturated heterocycles. The Morgan fingerprint density at radius 3 is 3.00 bits per heavy atom. The number of thioether (sulfide) groups is 1. The zero-order chi connectivity index (χ0) is 13.9. The van der Waals surface area contributed by atoms with Crippen LogP contribution in [0.4, 0.5) is 0 Å². The summed E-state index contributed by atoms with van der Waals surface area (Å²) >= 11 is 1.44. The van der Waals surface area contributed by atoms with Crippen LogP contribution in [0.15, 0.2) is 17.7 Å². The van der Waals surface area contributed by atoms with Gasteiger partial charge < -0.3 is 15.0 Å². The van der Waals surface area contributed by atoms with Crippen molar-refractivity contribution in [3.8, 4) is 0 Å². The molecule has 0 saturated carbocycles. The first kappa shape index (κ1) is 13.8. The molecule has 0 fully saturated rings. The van der Waals surface area contributed by atoms with Gasteiger partial charge in [0.15, 0.2) is 5.65 Å². The van der Waals surface area contributed by atoms with Crippen molar-refractivity contribution in [1.29, 1.82) is 0 Å². The molecule has 0 aliphatic rings. The topological polar surface area (TPSA) is 92.8 Å². The number of fused-ring (bicyclic) bond motifs is 1. The van der Waals surface area contributed by atoms with Crippen molar-refractivity contribution in [3.63, 3.8) is 0 Å². The minimum absolute atomic E-state index is 0.308. The Kier molecular flexibility index (Phi) is 4.01. The number of esters is 1. The number of aromatic nitrogens is 4. The number of nitrogens with one attached hydrogen (secondary N) is 2. The van der Waals surface area contributed by atoms with Gasteiger partial charge in [-0.2, -0.15) is 0 Å². The van der Waals surface area contributed by atoms with E-state index in [0.717, 1.165) is 10.5 Å². The molecular weight excluding hydrogens is 266 g/mol. The van der Waals surface area contributed by atoms with Crippen LogP contribution in [0.3, 0.4) is 0 Å². The molecule has 1 unspecified atom stereocenters. The number of hydrogen-bond donors (Lipinski definition) is 2. The number of methoxy groups -OCH3 is 1. The molecule has 7 nitrogen and oxygen atoms in total. The second-order valence-electron chi connectivity index (χ2n) is 4.14. The van der Waals surface area contributed by atoms with Crippen LogP contribution >= 0.6 is 11.8 Å². The molecule has 0 aliphatic carbocycles. The zero-order valence-corrected chi connectivity index (χ0v) is 11.7. The first-order chi connectivity index (χ1) is 9.10. The zero-order valence-electron chi connectivity index (χ0n) is 10.9. The summed E-state index contributed by atoms with van der Waals surface area (Å²) in [5.41, 5.74) is 0.619. The first-order valence-electron chi connectivity index (χ1n) is 5.65. The van der Waals surface area contributed by atoms with E-state index < -0.39 is 5.54 Å². The Bertz CT molecular complexity index is 587. The van der Waals surface area contributed by atoms with Crippen molar-refractivity contribution in [1.82, 2.24) is 25.3 Å². The molecule has 8 heteroatoms. The van der Waals surface area contributed by atoms with E-state index in [9.17, 15) is 4.79 Å². The maximum absolute atomic E-state index is 11.7. The van der Waals surface area contributed by atoms with Crippen molar-refractivity contribution in [3.05, 3.63) is 12.7 Å². The fourth-order valence-corrected chi connectivity index (χ4v) is 2.63. The lowest BCUT2D eigenvalue weighted by atomic mass is 10.1. The highest BCUT2D eigenvalue weighted by molar-refractivity contribution is 7.99. The summed E-state index contributed by atoms with van der Waals surface area (Å²) in [6.07, 6.45) is 3.03. The van der Waals surface area contributed by atoms with Crippen molar-refractivity contribution < 1.29 is 9.53 Å². The van der Waals surface area contributed by atoms with Crippen molar-refractivity contribution >= 4 is 28.9 Å². The highest BCUT2D eigenvalue weighted by Crippen LogP contribution is 2.25. The minimum atomic E-state index is -0.767. The number of imidazole rings is 1. The maximum Gasteiger partial charge on any atom is 0.326 e. The van der Waals surface area contributed by atoms with Gasteiger partial charge in [-0.25, -0.2) is 15.0 Å². The third-order valence-corrected chi connectivity index (χ3v) is 4.18. The fourth-order valence-electron chi connectivity index (χ4n) is 1.52. The summed E-state index contributed by atoms with van der Waals surface area (Å²) < 4.78 is 4.80. The van der Waals surface area contributed by atoms with Gasteiger partial charge in [0.05, 0.1) is 13.4 Å². The summed E-state index contributed by atoms with van der Waals surface area (Å²) in [5, 5.41) is 3.73. The number of likely N-dealkylation sites (N-methyl/N-ethyl adjacent to an activating group) is 1.